The Morgan fingerprint density at radius 2 is 2.00 bits per heavy atom. The van der Waals surface area contributed by atoms with Gasteiger partial charge in [-0.1, -0.05) is 6.07 Å². The molecule has 3 rings (SSSR count). The van der Waals surface area contributed by atoms with Gasteiger partial charge in [0.05, 0.1) is 12.6 Å². The van der Waals surface area contributed by atoms with Gasteiger partial charge in [-0.15, -0.1) is 0 Å². The van der Waals surface area contributed by atoms with Crippen LogP contribution in [0.2, 0.25) is 0 Å². The van der Waals surface area contributed by atoms with Crippen molar-refractivity contribution < 1.29 is 14.3 Å². The summed E-state index contributed by atoms with van der Waals surface area (Å²) in [6.07, 6.45) is 4.35. The van der Waals surface area contributed by atoms with Gasteiger partial charge in [-0.2, -0.15) is 0 Å². The average Bonchev–Trinajstić information content (AvgIpc) is 2.93. The Balaban J connectivity index is 1.90. The number of amides is 2. The van der Waals surface area contributed by atoms with Gasteiger partial charge in [0.1, 0.15) is 5.75 Å². The number of nitrogens with zero attached hydrogens (tertiary/aromatic N) is 1. The number of rotatable bonds is 3. The molecule has 19 heavy (non-hydrogen) atoms. The van der Waals surface area contributed by atoms with Crippen LogP contribution in [-0.4, -0.2) is 23.3 Å². The zero-order valence-electron chi connectivity index (χ0n) is 10.8. The Bertz CT molecular complexity index is 559. The monoisotopic (exact) mass is 257 g/mol. The standard InChI is InChI=1S/C15H15NO3/c1-2-19-11-4-5-12-10(9-11)3-6-13(12)16-14(17)7-8-15(16)18/h4-5,7-9,13H,2-3,6H2,1H3/t13-/m0/s1. The number of carbonyl (C=O) groups excluding carboxylic acids is 2. The third-order valence-corrected chi connectivity index (χ3v) is 3.63. The first-order valence-electron chi connectivity index (χ1n) is 6.51. The van der Waals surface area contributed by atoms with E-state index < -0.39 is 0 Å². The number of hydrogen-bond acceptors (Lipinski definition) is 3. The van der Waals surface area contributed by atoms with Crippen molar-refractivity contribution in [3.8, 4) is 5.75 Å². The molecule has 1 atom stereocenters. The molecule has 0 aromatic heterocycles. The molecule has 0 saturated carbocycles. The van der Waals surface area contributed by atoms with Crippen molar-refractivity contribution >= 4 is 11.8 Å². The SMILES string of the molecule is CCOc1ccc2c(c1)CC[C@@H]2N1C(=O)C=CC1=O. The second-order valence-corrected chi connectivity index (χ2v) is 4.73. The number of imide groups is 1. The van der Waals surface area contributed by atoms with E-state index in [1.54, 1.807) is 0 Å². The van der Waals surface area contributed by atoms with Crippen molar-refractivity contribution in [1.82, 2.24) is 4.90 Å². The molecule has 0 N–H and O–H groups in total. The zero-order valence-corrected chi connectivity index (χ0v) is 10.8. The lowest BCUT2D eigenvalue weighted by atomic mass is 10.1. The molecular weight excluding hydrogens is 242 g/mol. The van der Waals surface area contributed by atoms with Gasteiger partial charge in [0.2, 0.25) is 0 Å². The predicted octanol–water partition coefficient (Wildman–Crippen LogP) is 2.00. The maximum atomic E-state index is 11.7. The number of ether oxygens (including phenoxy) is 1. The van der Waals surface area contributed by atoms with Gasteiger partial charge in [0.15, 0.2) is 0 Å². The van der Waals surface area contributed by atoms with E-state index in [-0.39, 0.29) is 17.9 Å². The minimum absolute atomic E-state index is 0.124. The molecule has 0 spiro atoms. The molecule has 4 heteroatoms. The van der Waals surface area contributed by atoms with Crippen LogP contribution in [0.25, 0.3) is 0 Å². The number of benzene rings is 1. The summed E-state index contributed by atoms with van der Waals surface area (Å²) >= 11 is 0. The molecule has 2 aliphatic rings. The molecule has 0 radical (unpaired) electrons. The van der Waals surface area contributed by atoms with Crippen LogP contribution in [-0.2, 0) is 16.0 Å². The van der Waals surface area contributed by atoms with Crippen molar-refractivity contribution in [3.05, 3.63) is 41.5 Å². The van der Waals surface area contributed by atoms with E-state index in [4.69, 9.17) is 4.74 Å². The molecule has 0 unspecified atom stereocenters. The Hall–Kier alpha value is -2.10. The molecule has 1 aliphatic heterocycles. The highest BCUT2D eigenvalue weighted by atomic mass is 16.5. The quantitative estimate of drug-likeness (QED) is 0.778. The lowest BCUT2D eigenvalue weighted by Gasteiger charge is -2.22. The van der Waals surface area contributed by atoms with Crippen LogP contribution in [0, 0.1) is 0 Å². The Morgan fingerprint density at radius 1 is 1.26 bits per heavy atom. The Kier molecular flexibility index (Phi) is 2.85. The normalized spacial score (nSPS) is 21.1. The van der Waals surface area contributed by atoms with E-state index in [0.29, 0.717) is 6.61 Å². The zero-order chi connectivity index (χ0) is 13.4. The second kappa shape index (κ2) is 4.53. The van der Waals surface area contributed by atoms with E-state index in [1.807, 2.05) is 25.1 Å². The van der Waals surface area contributed by atoms with Gasteiger partial charge in [0, 0.05) is 12.2 Å². The van der Waals surface area contributed by atoms with E-state index in [9.17, 15) is 9.59 Å². The fraction of sp³-hybridized carbons (Fsp3) is 0.333. The lowest BCUT2D eigenvalue weighted by molar-refractivity contribution is -0.139. The molecule has 1 aromatic carbocycles. The van der Waals surface area contributed by atoms with Gasteiger partial charge in [-0.25, -0.2) is 0 Å². The van der Waals surface area contributed by atoms with Crippen LogP contribution in [0.4, 0.5) is 0 Å². The van der Waals surface area contributed by atoms with Gasteiger partial charge >= 0.3 is 0 Å². The summed E-state index contributed by atoms with van der Waals surface area (Å²) in [5, 5.41) is 0. The molecule has 0 fully saturated rings. The lowest BCUT2D eigenvalue weighted by Crippen LogP contribution is -2.33. The first-order valence-corrected chi connectivity index (χ1v) is 6.51. The summed E-state index contributed by atoms with van der Waals surface area (Å²) in [5.74, 6) is 0.424. The average molecular weight is 257 g/mol. The molecular formula is C15H15NO3. The number of hydrogen-bond donors (Lipinski definition) is 0. The fourth-order valence-corrected chi connectivity index (χ4v) is 2.82. The largest absolute Gasteiger partial charge is 0.494 e. The van der Waals surface area contributed by atoms with Crippen molar-refractivity contribution in [2.24, 2.45) is 0 Å². The van der Waals surface area contributed by atoms with Crippen molar-refractivity contribution in [1.29, 1.82) is 0 Å². The molecule has 0 saturated heterocycles. The minimum Gasteiger partial charge on any atom is -0.494 e. The third-order valence-electron chi connectivity index (χ3n) is 3.63. The van der Waals surface area contributed by atoms with Crippen LogP contribution >= 0.6 is 0 Å². The summed E-state index contributed by atoms with van der Waals surface area (Å²) < 4.78 is 5.47. The van der Waals surface area contributed by atoms with Gasteiger partial charge in [0.25, 0.3) is 11.8 Å². The molecule has 2 amide bonds. The fourth-order valence-electron chi connectivity index (χ4n) is 2.82. The highest BCUT2D eigenvalue weighted by Crippen LogP contribution is 2.38. The summed E-state index contributed by atoms with van der Waals surface area (Å²) in [7, 11) is 0. The summed E-state index contributed by atoms with van der Waals surface area (Å²) in [6, 6.07) is 5.76. The number of fused-ring (bicyclic) bond motifs is 1. The van der Waals surface area contributed by atoms with Crippen molar-refractivity contribution in [2.45, 2.75) is 25.8 Å². The second-order valence-electron chi connectivity index (χ2n) is 4.73. The molecule has 4 nitrogen and oxygen atoms in total. The first kappa shape index (κ1) is 12.0. The topological polar surface area (TPSA) is 46.6 Å². The number of carbonyl (C=O) groups is 2. The van der Waals surface area contributed by atoms with Crippen molar-refractivity contribution in [3.63, 3.8) is 0 Å². The van der Waals surface area contributed by atoms with Gasteiger partial charge < -0.3 is 4.74 Å². The van der Waals surface area contributed by atoms with E-state index >= 15 is 0 Å². The minimum atomic E-state index is -0.211. The van der Waals surface area contributed by atoms with Crippen LogP contribution in [0.3, 0.4) is 0 Å². The Morgan fingerprint density at radius 3 is 2.68 bits per heavy atom. The summed E-state index contributed by atoms with van der Waals surface area (Å²) in [5.41, 5.74) is 2.23. The number of aryl methyl sites for hydroxylation is 1. The molecule has 1 heterocycles. The highest BCUT2D eigenvalue weighted by molar-refractivity contribution is 6.13. The van der Waals surface area contributed by atoms with Crippen LogP contribution in [0.15, 0.2) is 30.4 Å². The maximum absolute atomic E-state index is 11.7. The smallest absolute Gasteiger partial charge is 0.254 e. The van der Waals surface area contributed by atoms with Crippen LogP contribution < -0.4 is 4.74 Å². The third kappa shape index (κ3) is 1.93. The van der Waals surface area contributed by atoms with Gasteiger partial charge in [-0.3, -0.25) is 14.5 Å². The van der Waals surface area contributed by atoms with E-state index in [0.717, 1.165) is 24.2 Å². The molecule has 0 bridgehead atoms. The summed E-state index contributed by atoms with van der Waals surface area (Å²) in [4.78, 5) is 24.8. The van der Waals surface area contributed by atoms with Crippen LogP contribution in [0.1, 0.15) is 30.5 Å². The molecule has 98 valence electrons. The van der Waals surface area contributed by atoms with Crippen LogP contribution in [0.5, 0.6) is 5.75 Å². The summed E-state index contributed by atoms with van der Waals surface area (Å²) in [6.45, 7) is 2.58. The highest BCUT2D eigenvalue weighted by Gasteiger charge is 2.36. The van der Waals surface area contributed by atoms with E-state index in [1.165, 1.54) is 22.6 Å². The molecule has 1 aromatic rings. The first-order chi connectivity index (χ1) is 9.20. The van der Waals surface area contributed by atoms with Crippen molar-refractivity contribution in [2.75, 3.05) is 6.61 Å². The Labute approximate surface area is 111 Å². The molecule has 1 aliphatic carbocycles. The van der Waals surface area contributed by atoms with Gasteiger partial charge in [-0.05, 0) is 43.0 Å². The van der Waals surface area contributed by atoms with E-state index in [2.05, 4.69) is 0 Å². The maximum Gasteiger partial charge on any atom is 0.254 e. The predicted molar refractivity (Wildman–Crippen MR) is 69.7 cm³/mol.